The van der Waals surface area contributed by atoms with Crippen molar-refractivity contribution in [2.75, 3.05) is 0 Å². The van der Waals surface area contributed by atoms with E-state index in [9.17, 15) is 18.3 Å². The van der Waals surface area contributed by atoms with Crippen LogP contribution in [0, 0.1) is 0 Å². The zero-order valence-corrected chi connectivity index (χ0v) is 15.9. The van der Waals surface area contributed by atoms with Gasteiger partial charge in [0.1, 0.15) is 0 Å². The number of aromatic amines is 1. The zero-order valence-electron chi connectivity index (χ0n) is 15.9. The second-order valence-corrected chi connectivity index (χ2v) is 7.50. The fourth-order valence-corrected chi connectivity index (χ4v) is 3.43. The molecule has 2 N–H and O–H groups in total. The Bertz CT molecular complexity index is 803. The summed E-state index contributed by atoms with van der Waals surface area (Å²) in [6.07, 6.45) is -0.620. The van der Waals surface area contributed by atoms with Gasteiger partial charge in [0.25, 0.3) is 0 Å². The minimum absolute atomic E-state index is 0.321. The third-order valence-electron chi connectivity index (χ3n) is 4.79. The van der Waals surface area contributed by atoms with Crippen molar-refractivity contribution in [2.24, 2.45) is 0 Å². The molecule has 5 heteroatoms. The number of hydrogen-bond acceptors (Lipinski definition) is 1. The molecule has 0 spiro atoms. The van der Waals surface area contributed by atoms with Crippen LogP contribution < -0.4 is 0 Å². The van der Waals surface area contributed by atoms with Gasteiger partial charge in [-0.2, -0.15) is 13.2 Å². The summed E-state index contributed by atoms with van der Waals surface area (Å²) in [5.41, 5.74) is -1.26. The first-order valence-corrected chi connectivity index (χ1v) is 8.84. The Hall–Kier alpha value is -2.27. The maximum atomic E-state index is 13.9. The highest BCUT2D eigenvalue weighted by Gasteiger charge is 2.56. The zero-order chi connectivity index (χ0) is 20.3. The van der Waals surface area contributed by atoms with Crippen molar-refractivity contribution in [2.45, 2.75) is 50.8 Å². The molecule has 146 valence electrons. The summed E-state index contributed by atoms with van der Waals surface area (Å²) in [6.45, 7) is 8.94. The van der Waals surface area contributed by atoms with Crippen LogP contribution in [-0.4, -0.2) is 21.9 Å². The first-order valence-electron chi connectivity index (χ1n) is 8.84. The minimum Gasteiger partial charge on any atom is -0.380 e. The molecule has 0 fully saturated rings. The summed E-state index contributed by atoms with van der Waals surface area (Å²) in [7, 11) is 0. The molecule has 1 heterocycles. The smallest absolute Gasteiger partial charge is 0.380 e. The van der Waals surface area contributed by atoms with E-state index in [1.807, 2.05) is 13.0 Å². The van der Waals surface area contributed by atoms with Crippen LogP contribution in [0.1, 0.15) is 49.7 Å². The molecule has 0 amide bonds. The van der Waals surface area contributed by atoms with Crippen LogP contribution in [0.3, 0.4) is 0 Å². The van der Waals surface area contributed by atoms with Crippen LogP contribution in [0.25, 0.3) is 12.2 Å². The van der Waals surface area contributed by atoms with E-state index in [0.29, 0.717) is 11.4 Å². The van der Waals surface area contributed by atoms with Crippen LogP contribution >= 0.6 is 0 Å². The van der Waals surface area contributed by atoms with Crippen molar-refractivity contribution in [3.8, 4) is 0 Å². The number of rotatable bonds is 7. The number of nitrogens with one attached hydrogen (secondary N) is 1. The van der Waals surface area contributed by atoms with Gasteiger partial charge in [0.2, 0.25) is 0 Å². The largest absolute Gasteiger partial charge is 0.417 e. The molecular weight excluding hydrogens is 351 g/mol. The Morgan fingerprint density at radius 2 is 1.78 bits per heavy atom. The Morgan fingerprint density at radius 3 is 2.30 bits per heavy atom. The summed E-state index contributed by atoms with van der Waals surface area (Å²) in [5, 5.41) is 10.7. The van der Waals surface area contributed by atoms with E-state index >= 15 is 0 Å². The molecule has 0 bridgehead atoms. The molecule has 1 aromatic heterocycles. The van der Waals surface area contributed by atoms with Gasteiger partial charge >= 0.3 is 6.18 Å². The monoisotopic (exact) mass is 377 g/mol. The fourth-order valence-electron chi connectivity index (χ4n) is 3.43. The molecule has 27 heavy (non-hydrogen) atoms. The Balaban J connectivity index is 2.39. The van der Waals surface area contributed by atoms with E-state index in [-0.39, 0.29) is 0 Å². The molecule has 0 aliphatic heterocycles. The van der Waals surface area contributed by atoms with E-state index in [4.69, 9.17) is 0 Å². The molecular formula is C22H26F3NO. The lowest BCUT2D eigenvalue weighted by Gasteiger charge is -2.38. The fraction of sp³-hybridized carbons (Fsp3) is 0.364. The van der Waals surface area contributed by atoms with E-state index in [1.54, 1.807) is 62.4 Å². The highest BCUT2D eigenvalue weighted by molar-refractivity contribution is 5.63. The Kier molecular flexibility index (Phi) is 6.05. The van der Waals surface area contributed by atoms with Gasteiger partial charge < -0.3 is 10.1 Å². The number of allylic oxidation sites excluding steroid dienone is 1. The molecule has 2 aromatic rings. The number of aliphatic hydroxyl groups is 1. The summed E-state index contributed by atoms with van der Waals surface area (Å²) in [6, 6.07) is 10.6. The van der Waals surface area contributed by atoms with Crippen molar-refractivity contribution < 1.29 is 18.3 Å². The third-order valence-corrected chi connectivity index (χ3v) is 4.79. The summed E-state index contributed by atoms with van der Waals surface area (Å²) in [5.74, 6) is 0. The van der Waals surface area contributed by atoms with Gasteiger partial charge in [0, 0.05) is 17.8 Å². The molecule has 1 atom stereocenters. The van der Waals surface area contributed by atoms with Crippen molar-refractivity contribution in [3.63, 3.8) is 0 Å². The van der Waals surface area contributed by atoms with Crippen LogP contribution in [-0.2, 0) is 11.8 Å². The van der Waals surface area contributed by atoms with Crippen molar-refractivity contribution >= 4 is 12.2 Å². The molecule has 2 nitrogen and oxygen atoms in total. The van der Waals surface area contributed by atoms with E-state index < -0.39 is 30.0 Å². The third kappa shape index (κ3) is 4.72. The van der Waals surface area contributed by atoms with Crippen molar-refractivity contribution in [1.29, 1.82) is 0 Å². The molecule has 1 unspecified atom stereocenters. The van der Waals surface area contributed by atoms with Gasteiger partial charge in [-0.3, -0.25) is 0 Å². The average molecular weight is 377 g/mol. The lowest BCUT2D eigenvalue weighted by atomic mass is 9.73. The lowest BCUT2D eigenvalue weighted by Crippen LogP contribution is -2.50. The molecule has 0 radical (unpaired) electrons. The van der Waals surface area contributed by atoms with E-state index in [2.05, 4.69) is 11.6 Å². The molecule has 0 aliphatic rings. The Morgan fingerprint density at radius 1 is 1.15 bits per heavy atom. The normalized spacial score (nSPS) is 15.1. The maximum Gasteiger partial charge on any atom is 0.417 e. The number of hydrogen-bond donors (Lipinski definition) is 2. The number of halogens is 3. The van der Waals surface area contributed by atoms with Crippen LogP contribution in [0.4, 0.5) is 13.2 Å². The first kappa shape index (κ1) is 21.0. The SMILES string of the molecule is C=Cc1[nH]c(CC(O)(CC(C)(C)c2ccccc2)C(F)(F)F)cc1/C=C\C. The van der Waals surface area contributed by atoms with Gasteiger partial charge in [-0.25, -0.2) is 0 Å². The molecule has 0 saturated heterocycles. The van der Waals surface area contributed by atoms with Crippen molar-refractivity contribution in [3.05, 3.63) is 71.6 Å². The quantitative estimate of drug-likeness (QED) is 0.620. The summed E-state index contributed by atoms with van der Waals surface area (Å²) in [4.78, 5) is 2.94. The number of aromatic nitrogens is 1. The molecule has 1 aromatic carbocycles. The van der Waals surface area contributed by atoms with Crippen molar-refractivity contribution in [1.82, 2.24) is 4.98 Å². The number of alkyl halides is 3. The van der Waals surface area contributed by atoms with Gasteiger partial charge in [-0.15, -0.1) is 0 Å². The van der Waals surface area contributed by atoms with E-state index in [1.165, 1.54) is 0 Å². The summed E-state index contributed by atoms with van der Waals surface area (Å²) < 4.78 is 41.6. The van der Waals surface area contributed by atoms with Gasteiger partial charge in [-0.1, -0.05) is 62.9 Å². The van der Waals surface area contributed by atoms with Crippen LogP contribution in [0.5, 0.6) is 0 Å². The number of H-pyrrole nitrogens is 1. The number of benzene rings is 1. The average Bonchev–Trinajstić information content (AvgIpc) is 2.96. The van der Waals surface area contributed by atoms with Crippen LogP contribution in [0.2, 0.25) is 0 Å². The second-order valence-electron chi connectivity index (χ2n) is 7.50. The first-order chi connectivity index (χ1) is 12.5. The molecule has 0 saturated carbocycles. The predicted molar refractivity (Wildman–Crippen MR) is 104 cm³/mol. The predicted octanol–water partition coefficient (Wildman–Crippen LogP) is 5.89. The lowest BCUT2D eigenvalue weighted by molar-refractivity contribution is -0.266. The van der Waals surface area contributed by atoms with Gasteiger partial charge in [-0.05, 0) is 42.0 Å². The topological polar surface area (TPSA) is 36.0 Å². The van der Waals surface area contributed by atoms with Crippen LogP contribution in [0.15, 0.2) is 49.1 Å². The Labute approximate surface area is 158 Å². The molecule has 0 aliphatic carbocycles. The maximum absolute atomic E-state index is 13.9. The van der Waals surface area contributed by atoms with Gasteiger partial charge in [0.15, 0.2) is 5.60 Å². The van der Waals surface area contributed by atoms with E-state index in [0.717, 1.165) is 11.1 Å². The standard InChI is InChI=1S/C22H26F3NO/c1-5-10-16-13-18(26-19(16)6-2)14-21(27,22(23,24)25)15-20(3,4)17-11-8-7-9-12-17/h5-13,26-27H,2,14-15H2,1,3-4H3/b10-5-. The molecule has 2 rings (SSSR count). The highest BCUT2D eigenvalue weighted by Crippen LogP contribution is 2.43. The second kappa shape index (κ2) is 7.77. The highest BCUT2D eigenvalue weighted by atomic mass is 19.4. The summed E-state index contributed by atoms with van der Waals surface area (Å²) >= 11 is 0. The van der Waals surface area contributed by atoms with Gasteiger partial charge in [0.05, 0.1) is 0 Å². The minimum atomic E-state index is -4.76.